The van der Waals surface area contributed by atoms with E-state index in [0.29, 0.717) is 0 Å². The van der Waals surface area contributed by atoms with Crippen LogP contribution in [0.3, 0.4) is 0 Å². The molecule has 4 heterocycles. The van der Waals surface area contributed by atoms with Crippen LogP contribution in [0.25, 0.3) is 122 Å². The van der Waals surface area contributed by atoms with Gasteiger partial charge in [-0.15, -0.1) is 0 Å². The Morgan fingerprint density at radius 1 is 0.300 bits per heavy atom. The zero-order chi connectivity index (χ0) is 39.3. The summed E-state index contributed by atoms with van der Waals surface area (Å²) in [5.74, 6) is 0.921. The summed E-state index contributed by atoms with van der Waals surface area (Å²) >= 11 is 0. The number of fused-ring (bicyclic) bond motifs is 10. The van der Waals surface area contributed by atoms with Crippen molar-refractivity contribution in [1.29, 1.82) is 0 Å². The van der Waals surface area contributed by atoms with Crippen LogP contribution in [0.1, 0.15) is 0 Å². The first kappa shape index (κ1) is 32.9. The maximum absolute atomic E-state index is 6.19. The van der Waals surface area contributed by atoms with Gasteiger partial charge in [-0.3, -0.25) is 4.57 Å². The maximum Gasteiger partial charge on any atom is 0.145 e. The monoisotopic (exact) mass is 767 g/mol. The Morgan fingerprint density at radius 2 is 0.750 bits per heavy atom. The first-order valence-corrected chi connectivity index (χ1v) is 20.3. The molecule has 280 valence electrons. The molecule has 60 heavy (non-hydrogen) atoms. The molecule has 0 saturated carbocycles. The topological polar surface area (TPSA) is 49.0 Å². The molecule has 0 unspecified atom stereocenters. The Labute approximate surface area is 343 Å². The van der Waals surface area contributed by atoms with Crippen molar-refractivity contribution in [3.8, 4) is 45.0 Å². The van der Waals surface area contributed by atoms with Gasteiger partial charge in [0.2, 0.25) is 0 Å². The van der Waals surface area contributed by atoms with Crippen LogP contribution in [0.5, 0.6) is 0 Å². The molecule has 0 saturated heterocycles. The van der Waals surface area contributed by atoms with E-state index in [4.69, 9.17) is 13.8 Å². The molecule has 4 aromatic heterocycles. The fraction of sp³-hybridized carbons (Fsp3) is 0. The average Bonchev–Trinajstić information content (AvgIpc) is 4.07. The zero-order valence-electron chi connectivity index (χ0n) is 32.2. The molecule has 0 spiro atoms. The van der Waals surface area contributed by atoms with Crippen LogP contribution in [0.2, 0.25) is 0 Å². The van der Waals surface area contributed by atoms with E-state index >= 15 is 0 Å². The second-order valence-electron chi connectivity index (χ2n) is 15.6. The van der Waals surface area contributed by atoms with Crippen molar-refractivity contribution >= 4 is 76.7 Å². The Bertz CT molecular complexity index is 3660. The number of aromatic nitrogens is 3. The van der Waals surface area contributed by atoms with Gasteiger partial charge in [-0.2, -0.15) is 0 Å². The minimum atomic E-state index is 0.896. The lowest BCUT2D eigenvalue weighted by molar-refractivity contribution is 0.668. The molecule has 0 aliphatic carbocycles. The van der Waals surface area contributed by atoms with Crippen LogP contribution in [0.15, 0.2) is 209 Å². The minimum Gasteiger partial charge on any atom is -0.456 e. The van der Waals surface area contributed by atoms with Crippen molar-refractivity contribution in [1.82, 2.24) is 14.1 Å². The zero-order valence-corrected chi connectivity index (χ0v) is 32.2. The van der Waals surface area contributed by atoms with E-state index in [0.717, 1.165) is 111 Å². The third-order valence-electron chi connectivity index (χ3n) is 12.1. The number of nitrogens with zero attached hydrogens (tertiary/aromatic N) is 3. The van der Waals surface area contributed by atoms with Gasteiger partial charge < -0.3 is 13.4 Å². The molecule has 0 radical (unpaired) electrons. The molecule has 0 amide bonds. The number of para-hydroxylation sites is 4. The summed E-state index contributed by atoms with van der Waals surface area (Å²) in [5.41, 5.74) is 15.7. The Hall–Kier alpha value is -8.15. The van der Waals surface area contributed by atoms with E-state index in [1.54, 1.807) is 0 Å². The van der Waals surface area contributed by atoms with Crippen LogP contribution >= 0.6 is 0 Å². The van der Waals surface area contributed by atoms with Gasteiger partial charge in [0, 0.05) is 49.3 Å². The van der Waals surface area contributed by atoms with Gasteiger partial charge >= 0.3 is 0 Å². The Kier molecular flexibility index (Phi) is 6.95. The highest BCUT2D eigenvalue weighted by Crippen LogP contribution is 2.40. The number of rotatable bonds is 5. The molecule has 0 fully saturated rings. The van der Waals surface area contributed by atoms with E-state index < -0.39 is 0 Å². The number of hydrogen-bond acceptors (Lipinski definition) is 3. The van der Waals surface area contributed by atoms with Crippen molar-refractivity contribution in [2.45, 2.75) is 0 Å². The van der Waals surface area contributed by atoms with E-state index in [1.165, 1.54) is 10.8 Å². The van der Waals surface area contributed by atoms with Crippen LogP contribution in [-0.4, -0.2) is 14.1 Å². The van der Waals surface area contributed by atoms with Crippen molar-refractivity contribution in [2.75, 3.05) is 0 Å². The highest BCUT2D eigenvalue weighted by Gasteiger charge is 2.18. The molecule has 0 N–H and O–H groups in total. The highest BCUT2D eigenvalue weighted by atomic mass is 16.3. The third kappa shape index (κ3) is 4.96. The number of hydrogen-bond donors (Lipinski definition) is 0. The summed E-state index contributed by atoms with van der Waals surface area (Å²) in [6.07, 6.45) is 0. The Morgan fingerprint density at radius 3 is 1.33 bits per heavy atom. The first-order valence-electron chi connectivity index (χ1n) is 20.3. The molecular formula is C55H33N3O2. The molecule has 0 atom stereocenters. The lowest BCUT2D eigenvalue weighted by atomic mass is 9.98. The van der Waals surface area contributed by atoms with Crippen LogP contribution < -0.4 is 0 Å². The molecule has 0 bridgehead atoms. The van der Waals surface area contributed by atoms with Gasteiger partial charge in [-0.25, -0.2) is 4.98 Å². The summed E-state index contributed by atoms with van der Waals surface area (Å²) in [6, 6.07) is 71.0. The van der Waals surface area contributed by atoms with Gasteiger partial charge in [-0.1, -0.05) is 103 Å². The quantitative estimate of drug-likeness (QED) is 0.175. The molecule has 0 aliphatic heterocycles. The fourth-order valence-corrected chi connectivity index (χ4v) is 9.29. The normalized spacial score (nSPS) is 12.0. The van der Waals surface area contributed by atoms with Crippen LogP contribution in [0, 0.1) is 0 Å². The largest absolute Gasteiger partial charge is 0.456 e. The third-order valence-corrected chi connectivity index (χ3v) is 12.1. The number of furan rings is 2. The average molecular weight is 768 g/mol. The predicted octanol–water partition coefficient (Wildman–Crippen LogP) is 14.9. The summed E-state index contributed by atoms with van der Waals surface area (Å²) in [4.78, 5) is 5.08. The molecule has 13 aromatic rings. The maximum atomic E-state index is 6.19. The van der Waals surface area contributed by atoms with Crippen LogP contribution in [-0.2, 0) is 0 Å². The van der Waals surface area contributed by atoms with E-state index in [-0.39, 0.29) is 0 Å². The van der Waals surface area contributed by atoms with Gasteiger partial charge in [0.15, 0.2) is 0 Å². The van der Waals surface area contributed by atoms with Gasteiger partial charge in [0.25, 0.3) is 0 Å². The number of imidazole rings is 1. The van der Waals surface area contributed by atoms with Gasteiger partial charge in [-0.05, 0) is 119 Å². The molecule has 0 aliphatic rings. The smallest absolute Gasteiger partial charge is 0.145 e. The van der Waals surface area contributed by atoms with E-state index in [9.17, 15) is 0 Å². The van der Waals surface area contributed by atoms with Crippen molar-refractivity contribution in [3.05, 3.63) is 200 Å². The van der Waals surface area contributed by atoms with Crippen molar-refractivity contribution in [3.63, 3.8) is 0 Å². The summed E-state index contributed by atoms with van der Waals surface area (Å²) < 4.78 is 17.0. The van der Waals surface area contributed by atoms with Crippen LogP contribution in [0.4, 0.5) is 0 Å². The molecular weight excluding hydrogens is 735 g/mol. The summed E-state index contributed by atoms with van der Waals surface area (Å²) in [5, 5.41) is 6.87. The fourth-order valence-electron chi connectivity index (χ4n) is 9.29. The molecule has 13 rings (SSSR count). The molecule has 5 nitrogen and oxygen atoms in total. The highest BCUT2D eigenvalue weighted by molar-refractivity contribution is 6.13. The first-order chi connectivity index (χ1) is 29.7. The van der Waals surface area contributed by atoms with Gasteiger partial charge in [0.05, 0.1) is 22.1 Å². The summed E-state index contributed by atoms with van der Waals surface area (Å²) in [6.45, 7) is 0. The number of benzene rings is 9. The SMILES string of the molecule is c1ccc(-c2nc3ccccc3n2-c2ccc(-n3c4ccc(-c5ccc6oc7ccccc7c6c5)cc4c4cc(-c5ccc6oc7ccccc7c6c5)ccc43)cc2)cc1. The standard InChI is InChI=1S/C55H33N3O2/c1-2-10-34(11-3-1)55-56-47-14-6-7-15-50(47)58(55)40-24-22-39(23-25-40)57-48-26-18-35(37-20-28-53-45(32-37)41-12-4-8-16-51(41)59-53)30-43(48)44-31-36(19-27-49(44)57)38-21-29-54-46(33-38)42-13-5-9-17-52(42)60-54/h1-33H. The van der Waals surface area contributed by atoms with Crippen molar-refractivity contribution in [2.24, 2.45) is 0 Å². The van der Waals surface area contributed by atoms with Gasteiger partial charge in [0.1, 0.15) is 28.2 Å². The van der Waals surface area contributed by atoms with E-state index in [1.807, 2.05) is 36.4 Å². The summed E-state index contributed by atoms with van der Waals surface area (Å²) in [7, 11) is 0. The second-order valence-corrected chi connectivity index (χ2v) is 15.6. The lowest BCUT2D eigenvalue weighted by Crippen LogP contribution is -1.99. The second kappa shape index (κ2) is 12.7. The molecule has 5 heteroatoms. The lowest BCUT2D eigenvalue weighted by Gasteiger charge is -2.13. The molecule has 9 aromatic carbocycles. The van der Waals surface area contributed by atoms with E-state index in [2.05, 4.69) is 173 Å². The predicted molar refractivity (Wildman–Crippen MR) is 246 cm³/mol. The van der Waals surface area contributed by atoms with Crippen molar-refractivity contribution < 1.29 is 8.83 Å². The Balaban J connectivity index is 0.996. The minimum absolute atomic E-state index is 0.896.